The Labute approximate surface area is 187 Å². The number of benzene rings is 2. The van der Waals surface area contributed by atoms with Gasteiger partial charge in [0.25, 0.3) is 10.0 Å². The van der Waals surface area contributed by atoms with E-state index < -0.39 is 27.2 Å². The number of rotatable bonds is 6. The number of carbonyl (C=O) groups excluding carboxylic acids is 2. The number of anilines is 1. The van der Waals surface area contributed by atoms with Gasteiger partial charge in [-0.25, -0.2) is 8.42 Å². The highest BCUT2D eigenvalue weighted by molar-refractivity contribution is 7.92. The molecule has 8 heteroatoms. The summed E-state index contributed by atoms with van der Waals surface area (Å²) in [6.07, 6.45) is -0.227. The van der Waals surface area contributed by atoms with Gasteiger partial charge in [0.15, 0.2) is 5.78 Å². The highest BCUT2D eigenvalue weighted by Crippen LogP contribution is 2.43. The number of sulfonamides is 1. The van der Waals surface area contributed by atoms with Crippen molar-refractivity contribution in [3.8, 4) is 0 Å². The van der Waals surface area contributed by atoms with Crippen molar-refractivity contribution in [3.63, 3.8) is 0 Å². The monoisotopic (exact) mass is 461 g/mol. The summed E-state index contributed by atoms with van der Waals surface area (Å²) in [7, 11) is -3.98. The maximum absolute atomic E-state index is 13.6. The molecule has 0 spiro atoms. The minimum absolute atomic E-state index is 0.0790. The van der Waals surface area contributed by atoms with Gasteiger partial charge in [0.2, 0.25) is 0 Å². The topological polar surface area (TPSA) is 80.8 Å². The van der Waals surface area contributed by atoms with Gasteiger partial charge in [-0.15, -0.1) is 0 Å². The molecule has 0 radical (unpaired) electrons. The van der Waals surface area contributed by atoms with E-state index in [0.717, 1.165) is 5.56 Å². The third-order valence-corrected chi connectivity index (χ3v) is 7.32. The van der Waals surface area contributed by atoms with Gasteiger partial charge in [-0.05, 0) is 44.5 Å². The molecule has 1 heterocycles. The Balaban J connectivity index is 2.19. The minimum Gasteiger partial charge on any atom is -0.465 e. The largest absolute Gasteiger partial charge is 0.465 e. The summed E-state index contributed by atoms with van der Waals surface area (Å²) >= 11 is 6.04. The van der Waals surface area contributed by atoms with Gasteiger partial charge < -0.3 is 4.74 Å². The first-order valence-corrected chi connectivity index (χ1v) is 11.7. The van der Waals surface area contributed by atoms with E-state index in [4.69, 9.17) is 16.3 Å². The number of Topliss-reactive ketones (excluding diaryl/α,β-unsaturated/α-hetero) is 1. The van der Waals surface area contributed by atoms with Crippen molar-refractivity contribution < 1.29 is 22.7 Å². The molecule has 0 aliphatic carbocycles. The summed E-state index contributed by atoms with van der Waals surface area (Å²) in [6.45, 7) is 7.15. The van der Waals surface area contributed by atoms with Crippen LogP contribution < -0.4 is 4.31 Å². The van der Waals surface area contributed by atoms with Crippen LogP contribution in [0.4, 0.5) is 5.69 Å². The van der Waals surface area contributed by atoms with Crippen molar-refractivity contribution in [2.75, 3.05) is 17.5 Å². The predicted octanol–water partition coefficient (Wildman–Crippen LogP) is 4.47. The Kier molecular flexibility index (Phi) is 6.57. The molecule has 0 fully saturated rings. The van der Waals surface area contributed by atoms with Crippen LogP contribution >= 0.6 is 11.6 Å². The van der Waals surface area contributed by atoms with Crippen LogP contribution in [-0.2, 0) is 19.6 Å². The van der Waals surface area contributed by atoms with Crippen molar-refractivity contribution in [1.82, 2.24) is 0 Å². The number of fused-ring (bicyclic) bond motifs is 1. The number of ether oxygens (including phenoxy) is 1. The molecule has 0 saturated carbocycles. The fraction of sp³-hybridized carbons (Fsp3) is 0.304. The van der Waals surface area contributed by atoms with Crippen LogP contribution in [0, 0.1) is 12.3 Å². The average Bonchev–Trinajstić information content (AvgIpc) is 2.84. The summed E-state index contributed by atoms with van der Waals surface area (Å²) in [6, 6.07) is 12.8. The Morgan fingerprint density at radius 2 is 1.84 bits per heavy atom. The van der Waals surface area contributed by atoms with Crippen LogP contribution in [0.3, 0.4) is 0 Å². The van der Waals surface area contributed by atoms with Crippen molar-refractivity contribution in [2.45, 2.75) is 31.6 Å². The van der Waals surface area contributed by atoms with E-state index in [0.29, 0.717) is 0 Å². The molecule has 0 bridgehead atoms. The first-order valence-electron chi connectivity index (χ1n) is 9.87. The number of hydrogen-bond donors (Lipinski definition) is 0. The second-order valence-electron chi connectivity index (χ2n) is 7.48. The van der Waals surface area contributed by atoms with Gasteiger partial charge in [0.05, 0.1) is 17.2 Å². The van der Waals surface area contributed by atoms with E-state index in [9.17, 15) is 18.0 Å². The normalized spacial score (nSPS) is 18.8. The molecule has 6 nitrogen and oxygen atoms in total. The van der Waals surface area contributed by atoms with Crippen molar-refractivity contribution in [1.29, 1.82) is 0 Å². The number of halogens is 1. The van der Waals surface area contributed by atoms with Crippen LogP contribution in [0.1, 0.15) is 35.7 Å². The smallest absolute Gasteiger partial charge is 0.320 e. The molecule has 3 rings (SSSR count). The fourth-order valence-corrected chi connectivity index (χ4v) is 5.50. The molecular weight excluding hydrogens is 438 g/mol. The number of ketones is 1. The first kappa shape index (κ1) is 23.0. The van der Waals surface area contributed by atoms with Crippen LogP contribution in [-0.4, -0.2) is 33.3 Å². The zero-order chi connectivity index (χ0) is 22.8. The highest BCUT2D eigenvalue weighted by Gasteiger charge is 2.51. The summed E-state index contributed by atoms with van der Waals surface area (Å²) < 4.78 is 33.4. The van der Waals surface area contributed by atoms with Crippen LogP contribution in [0.25, 0.3) is 0 Å². The van der Waals surface area contributed by atoms with Gasteiger partial charge >= 0.3 is 5.97 Å². The zero-order valence-corrected chi connectivity index (χ0v) is 19.0. The SMILES string of the molecule is C=C(Cl)CC1(C(=O)OCC)CCN(S(=O)(=O)c2ccc(C)cc2)c2ccccc2C1=O. The van der Waals surface area contributed by atoms with E-state index in [2.05, 4.69) is 6.58 Å². The third-order valence-electron chi connectivity index (χ3n) is 5.36. The Morgan fingerprint density at radius 1 is 1.19 bits per heavy atom. The second-order valence-corrected chi connectivity index (χ2v) is 9.88. The molecule has 0 saturated heterocycles. The van der Waals surface area contributed by atoms with E-state index in [-0.39, 0.29) is 47.2 Å². The van der Waals surface area contributed by atoms with Gasteiger partial charge in [0.1, 0.15) is 5.41 Å². The number of hydrogen-bond acceptors (Lipinski definition) is 5. The first-order chi connectivity index (χ1) is 14.6. The Hall–Kier alpha value is -2.64. The Bertz CT molecular complexity index is 1130. The summed E-state index contributed by atoms with van der Waals surface area (Å²) in [5, 5.41) is 0.119. The molecule has 0 aromatic heterocycles. The number of para-hydroxylation sites is 1. The quantitative estimate of drug-likeness (QED) is 0.468. The van der Waals surface area contributed by atoms with E-state index in [1.165, 1.54) is 22.5 Å². The summed E-state index contributed by atoms with van der Waals surface area (Å²) in [5.74, 6) is -1.25. The fourth-order valence-electron chi connectivity index (χ4n) is 3.79. The standard InChI is InChI=1S/C23H24ClNO5S/c1-4-30-22(27)23(15-17(3)24)13-14-25(20-8-6-5-7-19(20)21(23)26)31(28,29)18-11-9-16(2)10-12-18/h5-12H,3-4,13-15H2,1-2H3. The maximum Gasteiger partial charge on any atom is 0.320 e. The molecule has 2 aromatic rings. The summed E-state index contributed by atoms with van der Waals surface area (Å²) in [4.78, 5) is 26.7. The molecule has 1 aliphatic rings. The number of carbonyl (C=O) groups is 2. The van der Waals surface area contributed by atoms with Crippen molar-refractivity contribution in [2.24, 2.45) is 5.41 Å². The van der Waals surface area contributed by atoms with E-state index in [1.807, 2.05) is 6.92 Å². The van der Waals surface area contributed by atoms with Gasteiger partial charge in [-0.3, -0.25) is 13.9 Å². The van der Waals surface area contributed by atoms with Crippen molar-refractivity contribution in [3.05, 3.63) is 71.3 Å². The molecule has 164 valence electrons. The van der Waals surface area contributed by atoms with Gasteiger partial charge in [-0.2, -0.15) is 0 Å². The second kappa shape index (κ2) is 8.85. The Morgan fingerprint density at radius 3 is 2.45 bits per heavy atom. The van der Waals surface area contributed by atoms with E-state index >= 15 is 0 Å². The number of esters is 1. The van der Waals surface area contributed by atoms with Crippen molar-refractivity contribution >= 4 is 39.1 Å². The summed E-state index contributed by atoms with van der Waals surface area (Å²) in [5.41, 5.74) is -0.379. The number of allylic oxidation sites excluding steroid dienone is 1. The third kappa shape index (κ3) is 4.25. The van der Waals surface area contributed by atoms with Crippen LogP contribution in [0.5, 0.6) is 0 Å². The number of aryl methyl sites for hydroxylation is 1. The minimum atomic E-state index is -3.98. The van der Waals surface area contributed by atoms with Crippen LogP contribution in [0.2, 0.25) is 0 Å². The van der Waals surface area contributed by atoms with Crippen LogP contribution in [0.15, 0.2) is 65.0 Å². The molecule has 2 aromatic carbocycles. The molecule has 0 N–H and O–H groups in total. The molecule has 1 unspecified atom stereocenters. The predicted molar refractivity (Wildman–Crippen MR) is 120 cm³/mol. The lowest BCUT2D eigenvalue weighted by molar-refractivity contribution is -0.152. The number of nitrogens with zero attached hydrogens (tertiary/aromatic N) is 1. The molecular formula is C23H24ClNO5S. The lowest BCUT2D eigenvalue weighted by Gasteiger charge is -2.29. The average molecular weight is 462 g/mol. The zero-order valence-electron chi connectivity index (χ0n) is 17.4. The maximum atomic E-state index is 13.6. The lowest BCUT2D eigenvalue weighted by Crippen LogP contribution is -2.42. The van der Waals surface area contributed by atoms with Gasteiger partial charge in [0, 0.05) is 23.6 Å². The molecule has 1 aliphatic heterocycles. The van der Waals surface area contributed by atoms with Gasteiger partial charge in [-0.1, -0.05) is 48.0 Å². The highest BCUT2D eigenvalue weighted by atomic mass is 35.5. The molecule has 1 atom stereocenters. The lowest BCUT2D eigenvalue weighted by atomic mass is 9.75. The molecule has 0 amide bonds. The van der Waals surface area contributed by atoms with E-state index in [1.54, 1.807) is 37.3 Å². The molecule has 31 heavy (non-hydrogen) atoms.